The first-order chi connectivity index (χ1) is 72.7. The molecule has 25 aromatic rings. The van der Waals surface area contributed by atoms with Crippen molar-refractivity contribution in [1.82, 2.24) is 9.97 Å². The van der Waals surface area contributed by atoms with E-state index in [0.717, 1.165) is 73.7 Å². The van der Waals surface area contributed by atoms with Gasteiger partial charge in [0, 0.05) is 90.0 Å². The average Bonchev–Trinajstić information content (AvgIpc) is 1.50. The maximum atomic E-state index is 4.74. The lowest BCUT2D eigenvalue weighted by Crippen LogP contribution is -2.15. The zero-order valence-corrected chi connectivity index (χ0v) is 83.5. The Labute approximate surface area is 864 Å². The van der Waals surface area contributed by atoms with Crippen LogP contribution in [0.1, 0.15) is 74.9 Å². The quantitative estimate of drug-likeness (QED) is 0.0956. The van der Waals surface area contributed by atoms with E-state index in [1.165, 1.54) is 187 Å². The number of hydrogen-bond acceptors (Lipinski definition) is 5. The molecule has 3 aliphatic carbocycles. The second-order valence-electron chi connectivity index (χ2n) is 41.0. The van der Waals surface area contributed by atoms with Gasteiger partial charge in [-0.25, -0.2) is 0 Å². The molecule has 2 aromatic heterocycles. The third kappa shape index (κ3) is 15.7. The Hall–Kier alpha value is -18.4. The first-order valence-electron chi connectivity index (χ1n) is 51.4. The van der Waals surface area contributed by atoms with Crippen LogP contribution < -0.4 is 14.7 Å². The lowest BCUT2D eigenvalue weighted by molar-refractivity contribution is 0.660. The van der Waals surface area contributed by atoms with Crippen molar-refractivity contribution in [2.75, 3.05) is 14.7 Å². The van der Waals surface area contributed by atoms with E-state index in [1.807, 2.05) is 30.6 Å². The minimum absolute atomic E-state index is 0.0514. The summed E-state index contributed by atoms with van der Waals surface area (Å²) in [7, 11) is 0. The second kappa shape index (κ2) is 36.8. The molecule has 0 saturated heterocycles. The summed E-state index contributed by atoms with van der Waals surface area (Å²) in [6, 6.07) is 188. The van der Waals surface area contributed by atoms with E-state index in [1.54, 1.807) is 0 Å². The Morgan fingerprint density at radius 3 is 0.892 bits per heavy atom. The van der Waals surface area contributed by atoms with Crippen LogP contribution in [0, 0.1) is 0 Å². The van der Waals surface area contributed by atoms with Crippen LogP contribution in [-0.2, 0) is 16.2 Å². The molecule has 0 atom stereocenters. The first-order valence-corrected chi connectivity index (χ1v) is 51.4. The van der Waals surface area contributed by atoms with Gasteiger partial charge in [-0.05, 0) is 304 Å². The molecular weight excluding hydrogens is 1790 g/mol. The molecule has 23 aromatic carbocycles. The average molecular weight is 1890 g/mol. The highest BCUT2D eigenvalue weighted by atomic mass is 15.2. The van der Waals surface area contributed by atoms with E-state index < -0.39 is 0 Å². The number of nitrogens with zero attached hydrogens (tertiary/aromatic N) is 5. The van der Waals surface area contributed by atoms with E-state index >= 15 is 0 Å². The molecule has 0 spiro atoms. The molecule has 148 heavy (non-hydrogen) atoms. The van der Waals surface area contributed by atoms with Crippen molar-refractivity contribution in [3.05, 3.63) is 561 Å². The fraction of sp³-hybridized carbons (Fsp3) is 0.0629. The standard InChI is InChI=1S/C51H37N.2C46H34N2/c1-51(2)48-19-11-10-18-44(48)47-33-42(27-29-49(47)51)52(41-25-22-36(23-26-41)34-12-4-3-5-13-34)50-32-40-16-8-9-17-43(40)46-31-39(24-28-45(46)50)38-21-20-35-14-6-7-15-37(35)30-38;1-46(2)41-20-9-8-16-36(41)40-30-35(26-27-42(40)46)48(34-24-22-32(23-25-34)31-13-4-3-5-14-31)44-29-33-15-12-19-39(43-21-10-11-28-47-43)45(33)38-18-7-6-17-37(38)44;1-46(2)42-17-9-8-16-38(42)41-30-36(24-26-43(41)46)48(35-22-19-32(20-23-35)44-18-10-11-27-47-44)45-29-34-14-6-7-15-37(34)40-28-33(21-25-39(40)45)31-12-4-3-5-13-31/h3-33H,1-2H3;2*3-30H,1-2H3. The van der Waals surface area contributed by atoms with E-state index in [0.29, 0.717) is 0 Å². The van der Waals surface area contributed by atoms with Gasteiger partial charge in [-0.3, -0.25) is 9.97 Å². The summed E-state index contributed by atoms with van der Waals surface area (Å²) in [5.41, 5.74) is 40.1. The SMILES string of the molecule is CC1(C)c2ccccc2-c2cc(N(c3ccc(-c4ccccc4)cc3)c3cc4cccc(-c5ccccn5)c4c4ccccc34)ccc21.CC1(C)c2ccccc2-c2cc(N(c3ccc(-c4ccccc4)cc3)c3cc4ccccc4c4cc(-c5ccc6ccccc6c5)ccc34)ccc21.CC1(C)c2ccccc2-c2cc(N(c3ccc(-c4ccccn4)cc3)c3cc4ccccc4c4cc(-c5ccccc5)ccc34)ccc21. The van der Waals surface area contributed by atoms with Crippen molar-refractivity contribution in [3.63, 3.8) is 0 Å². The maximum Gasteiger partial charge on any atom is 0.0708 e. The molecule has 5 heteroatoms. The van der Waals surface area contributed by atoms with Crippen LogP contribution in [0.5, 0.6) is 0 Å². The number of anilines is 9. The Morgan fingerprint density at radius 1 is 0.155 bits per heavy atom. The summed E-state index contributed by atoms with van der Waals surface area (Å²) in [5, 5.41) is 17.2. The van der Waals surface area contributed by atoms with E-state index in [-0.39, 0.29) is 16.2 Å². The normalized spacial score (nSPS) is 13.0. The van der Waals surface area contributed by atoms with Crippen LogP contribution in [0.4, 0.5) is 51.2 Å². The molecule has 0 saturated carbocycles. The Kier molecular flexibility index (Phi) is 22.3. The molecule has 0 aliphatic heterocycles. The fourth-order valence-corrected chi connectivity index (χ4v) is 24.0. The largest absolute Gasteiger partial charge is 0.310 e. The lowest BCUT2D eigenvalue weighted by atomic mass is 9.82. The minimum atomic E-state index is -0.0541. The maximum absolute atomic E-state index is 4.74. The zero-order chi connectivity index (χ0) is 99.3. The van der Waals surface area contributed by atoms with E-state index in [9.17, 15) is 0 Å². The summed E-state index contributed by atoms with van der Waals surface area (Å²) >= 11 is 0. The molecule has 0 N–H and O–H groups in total. The summed E-state index contributed by atoms with van der Waals surface area (Å²) in [5.74, 6) is 0. The Morgan fingerprint density at radius 2 is 0.453 bits per heavy atom. The summed E-state index contributed by atoms with van der Waals surface area (Å²) < 4.78 is 0. The fourth-order valence-electron chi connectivity index (χ4n) is 24.0. The summed E-state index contributed by atoms with van der Waals surface area (Å²) in [4.78, 5) is 16.7. The van der Waals surface area contributed by atoms with Crippen molar-refractivity contribution >= 4 is 127 Å². The summed E-state index contributed by atoms with van der Waals surface area (Å²) in [6.07, 6.45) is 3.73. The summed E-state index contributed by atoms with van der Waals surface area (Å²) in [6.45, 7) is 14.1. The highest BCUT2D eigenvalue weighted by Crippen LogP contribution is 2.57. The second-order valence-corrected chi connectivity index (χ2v) is 41.0. The third-order valence-electron chi connectivity index (χ3n) is 31.4. The Balaban J connectivity index is 0.000000112. The molecule has 5 nitrogen and oxygen atoms in total. The molecule has 0 bridgehead atoms. The van der Waals surface area contributed by atoms with Gasteiger partial charge in [0.1, 0.15) is 0 Å². The molecule has 0 unspecified atom stereocenters. The van der Waals surface area contributed by atoms with Gasteiger partial charge in [0.25, 0.3) is 0 Å². The van der Waals surface area contributed by atoms with Crippen LogP contribution in [0.3, 0.4) is 0 Å². The highest BCUT2D eigenvalue weighted by molar-refractivity contribution is 6.21. The number of rotatable bonds is 15. The number of fused-ring (bicyclic) bond motifs is 19. The van der Waals surface area contributed by atoms with Gasteiger partial charge < -0.3 is 14.7 Å². The Bertz CT molecular complexity index is 9270. The molecule has 2 heterocycles. The van der Waals surface area contributed by atoms with Gasteiger partial charge in [-0.15, -0.1) is 0 Å². The first kappa shape index (κ1) is 89.7. The van der Waals surface area contributed by atoms with Crippen LogP contribution in [0.2, 0.25) is 0 Å². The lowest BCUT2D eigenvalue weighted by Gasteiger charge is -2.29. The highest BCUT2D eigenvalue weighted by Gasteiger charge is 2.40. The number of hydrogen-bond donors (Lipinski definition) is 0. The van der Waals surface area contributed by atoms with Crippen LogP contribution in [0.15, 0.2) is 528 Å². The van der Waals surface area contributed by atoms with Gasteiger partial charge in [-0.2, -0.15) is 0 Å². The van der Waals surface area contributed by atoms with Crippen molar-refractivity contribution in [3.8, 4) is 100 Å². The van der Waals surface area contributed by atoms with Crippen molar-refractivity contribution < 1.29 is 0 Å². The molecule has 702 valence electrons. The molecule has 0 amide bonds. The molecule has 3 aliphatic rings. The number of benzene rings is 23. The van der Waals surface area contributed by atoms with Crippen LogP contribution in [0.25, 0.3) is 176 Å². The van der Waals surface area contributed by atoms with Gasteiger partial charge in [0.05, 0.1) is 28.5 Å². The monoisotopic (exact) mass is 1890 g/mol. The van der Waals surface area contributed by atoms with Crippen molar-refractivity contribution in [2.24, 2.45) is 0 Å². The number of aromatic nitrogens is 2. The van der Waals surface area contributed by atoms with Crippen molar-refractivity contribution in [1.29, 1.82) is 0 Å². The van der Waals surface area contributed by atoms with E-state index in [4.69, 9.17) is 4.98 Å². The van der Waals surface area contributed by atoms with Crippen LogP contribution >= 0.6 is 0 Å². The predicted octanol–water partition coefficient (Wildman–Crippen LogP) is 39.3. The predicted molar refractivity (Wildman–Crippen MR) is 627 cm³/mol. The van der Waals surface area contributed by atoms with E-state index in [2.05, 4.69) is 559 Å². The van der Waals surface area contributed by atoms with Gasteiger partial charge in [0.15, 0.2) is 0 Å². The van der Waals surface area contributed by atoms with Gasteiger partial charge in [0.2, 0.25) is 0 Å². The molecular formula is C143H105N5. The third-order valence-corrected chi connectivity index (χ3v) is 31.4. The minimum Gasteiger partial charge on any atom is -0.310 e. The van der Waals surface area contributed by atoms with Crippen molar-refractivity contribution in [2.45, 2.75) is 57.8 Å². The topological polar surface area (TPSA) is 35.5 Å². The van der Waals surface area contributed by atoms with Crippen LogP contribution in [-0.4, -0.2) is 9.97 Å². The van der Waals surface area contributed by atoms with Gasteiger partial charge >= 0.3 is 0 Å². The van der Waals surface area contributed by atoms with Gasteiger partial charge in [-0.1, -0.05) is 424 Å². The molecule has 0 radical (unpaired) electrons. The number of pyridine rings is 2. The smallest absolute Gasteiger partial charge is 0.0708 e. The molecule has 28 rings (SSSR count). The molecule has 0 fully saturated rings. The zero-order valence-electron chi connectivity index (χ0n) is 83.5.